The summed E-state index contributed by atoms with van der Waals surface area (Å²) in [7, 11) is 0. The van der Waals surface area contributed by atoms with Gasteiger partial charge in [-0.3, -0.25) is 4.99 Å². The molecule has 0 aliphatic carbocycles. The highest BCUT2D eigenvalue weighted by Crippen LogP contribution is 2.29. The molecule has 0 aliphatic rings. The van der Waals surface area contributed by atoms with Gasteiger partial charge in [-0.2, -0.15) is 0 Å². The first-order chi connectivity index (χ1) is 12.0. The van der Waals surface area contributed by atoms with E-state index in [0.29, 0.717) is 0 Å². The third-order valence-electron chi connectivity index (χ3n) is 4.62. The topological polar surface area (TPSA) is 51.6 Å². The molecule has 4 nitrogen and oxygen atoms in total. The van der Waals surface area contributed by atoms with E-state index in [1.807, 2.05) is 25.1 Å². The molecule has 3 rings (SSSR count). The molecule has 2 aromatic carbocycles. The smallest absolute Gasteiger partial charge is 0.198 e. The molecule has 25 heavy (non-hydrogen) atoms. The summed E-state index contributed by atoms with van der Waals surface area (Å²) < 4.78 is 0. The second-order valence-electron chi connectivity index (χ2n) is 6.34. The first kappa shape index (κ1) is 17.1. The van der Waals surface area contributed by atoms with Gasteiger partial charge in [0.15, 0.2) is 5.88 Å². The molecule has 2 N–H and O–H groups in total. The predicted octanol–water partition coefficient (Wildman–Crippen LogP) is 5.09. The lowest BCUT2D eigenvalue weighted by molar-refractivity contribution is 0.457. The molecule has 0 aliphatic heterocycles. The van der Waals surface area contributed by atoms with Gasteiger partial charge in [0.25, 0.3) is 0 Å². The molecule has 0 unspecified atom stereocenters. The lowest BCUT2D eigenvalue weighted by Gasteiger charge is -2.21. The van der Waals surface area contributed by atoms with Gasteiger partial charge in [-0.1, -0.05) is 11.6 Å². The molecule has 0 radical (unpaired) electrons. The number of aryl methyl sites for hydroxylation is 2. The minimum atomic E-state index is 0.154. The average Bonchev–Trinajstić information content (AvgIpc) is 2.90. The number of rotatable bonds is 5. The highest BCUT2D eigenvalue weighted by Gasteiger charge is 2.09. The van der Waals surface area contributed by atoms with E-state index in [0.717, 1.165) is 46.4 Å². The van der Waals surface area contributed by atoms with Gasteiger partial charge in [0.05, 0.1) is 11.3 Å². The van der Waals surface area contributed by atoms with Crippen LogP contribution in [-0.4, -0.2) is 29.4 Å². The zero-order valence-corrected chi connectivity index (χ0v) is 15.3. The number of aromatic amines is 1. The zero-order valence-electron chi connectivity index (χ0n) is 15.3. The number of nitrogens with one attached hydrogen (secondary N) is 1. The van der Waals surface area contributed by atoms with Crippen LogP contribution in [-0.2, 0) is 0 Å². The van der Waals surface area contributed by atoms with Crippen LogP contribution in [0.5, 0.6) is 5.88 Å². The molecule has 3 aromatic rings. The summed E-state index contributed by atoms with van der Waals surface area (Å²) in [5.74, 6) is 0.154. The van der Waals surface area contributed by atoms with Gasteiger partial charge in [0.2, 0.25) is 0 Å². The van der Waals surface area contributed by atoms with E-state index in [1.165, 1.54) is 5.69 Å². The Balaban J connectivity index is 1.95. The molecular formula is C21H25N3O. The number of aliphatic imine (C=N–C) groups is 1. The van der Waals surface area contributed by atoms with E-state index in [-0.39, 0.29) is 5.88 Å². The molecule has 0 saturated heterocycles. The fourth-order valence-corrected chi connectivity index (χ4v) is 3.15. The summed E-state index contributed by atoms with van der Waals surface area (Å²) >= 11 is 0. The number of fused-ring (bicyclic) bond motifs is 1. The number of hydrogen-bond donors (Lipinski definition) is 2. The highest BCUT2D eigenvalue weighted by molar-refractivity contribution is 6.02. The van der Waals surface area contributed by atoms with Crippen LogP contribution in [0.1, 0.15) is 30.5 Å². The molecule has 130 valence electrons. The largest absolute Gasteiger partial charge is 0.494 e. The van der Waals surface area contributed by atoms with E-state index < -0.39 is 0 Å². The van der Waals surface area contributed by atoms with Crippen molar-refractivity contribution in [2.75, 3.05) is 18.0 Å². The summed E-state index contributed by atoms with van der Waals surface area (Å²) in [5, 5.41) is 11.2. The molecule has 0 spiro atoms. The Hall–Kier alpha value is -2.75. The van der Waals surface area contributed by atoms with Crippen molar-refractivity contribution in [3.63, 3.8) is 0 Å². The Morgan fingerprint density at radius 1 is 1.08 bits per heavy atom. The van der Waals surface area contributed by atoms with Crippen molar-refractivity contribution >= 4 is 28.5 Å². The van der Waals surface area contributed by atoms with Crippen LogP contribution in [0.25, 0.3) is 10.9 Å². The van der Waals surface area contributed by atoms with Crippen molar-refractivity contribution in [1.82, 2.24) is 4.98 Å². The van der Waals surface area contributed by atoms with E-state index in [9.17, 15) is 5.11 Å². The zero-order chi connectivity index (χ0) is 18.0. The number of aromatic hydroxyl groups is 1. The molecule has 0 saturated carbocycles. The Morgan fingerprint density at radius 2 is 1.84 bits per heavy atom. The maximum absolute atomic E-state index is 10.2. The lowest BCUT2D eigenvalue weighted by Crippen LogP contribution is -2.21. The van der Waals surface area contributed by atoms with Gasteiger partial charge in [0, 0.05) is 35.9 Å². The van der Waals surface area contributed by atoms with E-state index >= 15 is 0 Å². The van der Waals surface area contributed by atoms with Gasteiger partial charge < -0.3 is 15.0 Å². The van der Waals surface area contributed by atoms with E-state index in [1.54, 1.807) is 6.21 Å². The van der Waals surface area contributed by atoms with Gasteiger partial charge in [-0.05, 0) is 63.6 Å². The average molecular weight is 335 g/mol. The fraction of sp³-hybridized carbons (Fsp3) is 0.286. The van der Waals surface area contributed by atoms with Crippen LogP contribution < -0.4 is 4.90 Å². The molecule has 0 atom stereocenters. The number of benzene rings is 2. The molecule has 4 heteroatoms. The highest BCUT2D eigenvalue weighted by atomic mass is 16.3. The van der Waals surface area contributed by atoms with Crippen molar-refractivity contribution in [1.29, 1.82) is 0 Å². The number of hydrogen-bond acceptors (Lipinski definition) is 3. The molecular weight excluding hydrogens is 310 g/mol. The standard InChI is InChI=1S/C21H25N3O/c1-5-24(6-2)16-8-10-19(15(4)12-16)22-13-18-17-11-14(3)7-9-20(17)23-21(18)25/h7-13,23,25H,5-6H2,1-4H3. The first-order valence-corrected chi connectivity index (χ1v) is 8.74. The van der Waals surface area contributed by atoms with Crippen LogP contribution in [0.4, 0.5) is 11.4 Å². The third-order valence-corrected chi connectivity index (χ3v) is 4.62. The Labute approximate surface area is 148 Å². The molecule has 0 fully saturated rings. The Kier molecular flexibility index (Phi) is 4.79. The van der Waals surface area contributed by atoms with Crippen molar-refractivity contribution in [3.05, 3.63) is 53.1 Å². The van der Waals surface area contributed by atoms with Crippen molar-refractivity contribution in [2.24, 2.45) is 4.99 Å². The summed E-state index contributed by atoms with van der Waals surface area (Å²) in [6.07, 6.45) is 1.74. The van der Waals surface area contributed by atoms with Crippen LogP contribution in [0.2, 0.25) is 0 Å². The molecule has 0 amide bonds. The number of aromatic nitrogens is 1. The van der Waals surface area contributed by atoms with E-state index in [2.05, 4.69) is 53.8 Å². The Morgan fingerprint density at radius 3 is 2.52 bits per heavy atom. The SMILES string of the molecule is CCN(CC)c1ccc(N=Cc2c(O)[nH]c3ccc(C)cc23)c(C)c1. The van der Waals surface area contributed by atoms with Crippen LogP contribution in [0.3, 0.4) is 0 Å². The van der Waals surface area contributed by atoms with Gasteiger partial charge >= 0.3 is 0 Å². The second kappa shape index (κ2) is 7.01. The Bertz CT molecular complexity index is 920. The van der Waals surface area contributed by atoms with E-state index in [4.69, 9.17) is 0 Å². The van der Waals surface area contributed by atoms with Gasteiger partial charge in [-0.25, -0.2) is 0 Å². The van der Waals surface area contributed by atoms with Gasteiger partial charge in [0.1, 0.15) is 0 Å². The normalized spacial score (nSPS) is 11.5. The maximum atomic E-state index is 10.2. The summed E-state index contributed by atoms with van der Waals surface area (Å²) in [5.41, 5.74) is 6.05. The van der Waals surface area contributed by atoms with Crippen LogP contribution in [0, 0.1) is 13.8 Å². The molecule has 1 aromatic heterocycles. The minimum absolute atomic E-state index is 0.154. The summed E-state index contributed by atoms with van der Waals surface area (Å²) in [4.78, 5) is 9.93. The maximum Gasteiger partial charge on any atom is 0.198 e. The van der Waals surface area contributed by atoms with Crippen LogP contribution >= 0.6 is 0 Å². The first-order valence-electron chi connectivity index (χ1n) is 8.74. The number of nitrogens with zero attached hydrogens (tertiary/aromatic N) is 2. The van der Waals surface area contributed by atoms with Crippen molar-refractivity contribution in [2.45, 2.75) is 27.7 Å². The minimum Gasteiger partial charge on any atom is -0.494 e. The quantitative estimate of drug-likeness (QED) is 0.638. The van der Waals surface area contributed by atoms with Gasteiger partial charge in [-0.15, -0.1) is 0 Å². The monoisotopic (exact) mass is 335 g/mol. The molecule has 0 bridgehead atoms. The third kappa shape index (κ3) is 3.38. The predicted molar refractivity (Wildman–Crippen MR) is 107 cm³/mol. The van der Waals surface area contributed by atoms with Crippen LogP contribution in [0.15, 0.2) is 41.4 Å². The second-order valence-corrected chi connectivity index (χ2v) is 6.34. The summed E-state index contributed by atoms with van der Waals surface area (Å²) in [6, 6.07) is 12.4. The number of anilines is 1. The van der Waals surface area contributed by atoms with Crippen molar-refractivity contribution < 1.29 is 5.11 Å². The fourth-order valence-electron chi connectivity index (χ4n) is 3.15. The van der Waals surface area contributed by atoms with Crippen molar-refractivity contribution in [3.8, 4) is 5.88 Å². The summed E-state index contributed by atoms with van der Waals surface area (Å²) in [6.45, 7) is 10.4. The molecule has 1 heterocycles. The lowest BCUT2D eigenvalue weighted by atomic mass is 10.1. The number of H-pyrrole nitrogens is 1.